The van der Waals surface area contributed by atoms with Crippen LogP contribution < -0.4 is 16.2 Å². The van der Waals surface area contributed by atoms with Crippen LogP contribution in [-0.2, 0) is 11.3 Å². The molecule has 20 heavy (non-hydrogen) atoms. The van der Waals surface area contributed by atoms with Gasteiger partial charge in [0.1, 0.15) is 5.65 Å². The average molecular weight is 274 g/mol. The number of pyridine rings is 1. The lowest BCUT2D eigenvalue weighted by Gasteiger charge is -2.06. The van der Waals surface area contributed by atoms with Gasteiger partial charge in [0, 0.05) is 38.3 Å². The highest BCUT2D eigenvalue weighted by Gasteiger charge is 2.02. The van der Waals surface area contributed by atoms with Gasteiger partial charge in [-0.15, -0.1) is 0 Å². The fourth-order valence-electron chi connectivity index (χ4n) is 1.90. The zero-order valence-corrected chi connectivity index (χ0v) is 11.4. The van der Waals surface area contributed by atoms with Crippen LogP contribution in [0.5, 0.6) is 0 Å². The summed E-state index contributed by atoms with van der Waals surface area (Å²) in [5.74, 6) is 0.0199. The molecule has 0 aromatic carbocycles. The number of nitrogens with one attached hydrogen (secondary N) is 2. The number of carbonyl (C=O) groups excluding carboxylic acids is 1. The summed E-state index contributed by atoms with van der Waals surface area (Å²) in [4.78, 5) is 27.5. The maximum Gasteiger partial charge on any atom is 0.258 e. The normalized spacial score (nSPS) is 10.7. The number of nitrogens with zero attached hydrogens (tertiary/aromatic N) is 2. The molecule has 0 aliphatic carbocycles. The molecule has 6 nitrogen and oxygen atoms in total. The Morgan fingerprint density at radius 3 is 3.05 bits per heavy atom. The van der Waals surface area contributed by atoms with Crippen LogP contribution in [0.15, 0.2) is 35.3 Å². The first-order valence-electron chi connectivity index (χ1n) is 6.65. The first-order chi connectivity index (χ1) is 9.70. The second kappa shape index (κ2) is 6.81. The molecule has 2 rings (SSSR count). The zero-order valence-electron chi connectivity index (χ0n) is 11.4. The van der Waals surface area contributed by atoms with Crippen molar-refractivity contribution in [3.63, 3.8) is 0 Å². The number of aromatic nitrogens is 2. The molecule has 0 saturated heterocycles. The maximum absolute atomic E-state index is 11.9. The Bertz CT molecular complexity index is 651. The highest BCUT2D eigenvalue weighted by atomic mass is 16.1. The van der Waals surface area contributed by atoms with Gasteiger partial charge < -0.3 is 10.6 Å². The van der Waals surface area contributed by atoms with Gasteiger partial charge in [-0.05, 0) is 19.1 Å². The van der Waals surface area contributed by atoms with E-state index in [0.29, 0.717) is 37.4 Å². The lowest BCUT2D eigenvalue weighted by Crippen LogP contribution is -2.27. The number of hydrogen-bond acceptors (Lipinski definition) is 4. The number of hydrogen-bond donors (Lipinski definition) is 2. The van der Waals surface area contributed by atoms with Gasteiger partial charge in [-0.2, -0.15) is 0 Å². The molecule has 0 aliphatic rings. The van der Waals surface area contributed by atoms with Crippen LogP contribution in [-0.4, -0.2) is 28.4 Å². The van der Waals surface area contributed by atoms with Gasteiger partial charge in [0.15, 0.2) is 0 Å². The molecule has 0 unspecified atom stereocenters. The van der Waals surface area contributed by atoms with Crippen molar-refractivity contribution < 1.29 is 4.79 Å². The largest absolute Gasteiger partial charge is 0.356 e. The van der Waals surface area contributed by atoms with E-state index in [9.17, 15) is 9.59 Å². The van der Waals surface area contributed by atoms with Crippen LogP contribution in [0.2, 0.25) is 0 Å². The van der Waals surface area contributed by atoms with Crippen LogP contribution >= 0.6 is 0 Å². The van der Waals surface area contributed by atoms with E-state index in [0.717, 1.165) is 0 Å². The highest BCUT2D eigenvalue weighted by Crippen LogP contribution is 1.98. The second-order valence-electron chi connectivity index (χ2n) is 4.39. The molecule has 2 aromatic rings. The topological polar surface area (TPSA) is 75.5 Å². The predicted octanol–water partition coefficient (Wildman–Crippen LogP) is 0.310. The summed E-state index contributed by atoms with van der Waals surface area (Å²) in [5, 5.41) is 5.84. The highest BCUT2D eigenvalue weighted by molar-refractivity contribution is 5.75. The van der Waals surface area contributed by atoms with Crippen LogP contribution in [0.4, 0.5) is 0 Å². The van der Waals surface area contributed by atoms with Gasteiger partial charge in [-0.25, -0.2) is 4.98 Å². The molecule has 0 aliphatic heterocycles. The number of fused-ring (bicyclic) bond motifs is 1. The summed E-state index contributed by atoms with van der Waals surface area (Å²) in [6, 6.07) is 6.93. The summed E-state index contributed by atoms with van der Waals surface area (Å²) in [6.45, 7) is 3.56. The van der Waals surface area contributed by atoms with Gasteiger partial charge in [0.05, 0.1) is 5.69 Å². The summed E-state index contributed by atoms with van der Waals surface area (Å²) in [7, 11) is 0. The third kappa shape index (κ3) is 3.64. The van der Waals surface area contributed by atoms with E-state index in [1.165, 1.54) is 10.5 Å². The molecular weight excluding hydrogens is 256 g/mol. The van der Waals surface area contributed by atoms with E-state index in [4.69, 9.17) is 0 Å². The summed E-state index contributed by atoms with van der Waals surface area (Å²) < 4.78 is 1.50. The van der Waals surface area contributed by atoms with Crippen molar-refractivity contribution in [1.82, 2.24) is 20.0 Å². The zero-order chi connectivity index (χ0) is 14.4. The molecule has 6 heteroatoms. The fourth-order valence-corrected chi connectivity index (χ4v) is 1.90. The standard InChI is InChI=1S/C14H18N4O2/c1-2-16-13(19)6-7-15-10-11-9-14(20)18-8-4-3-5-12(18)17-11/h3-5,8-9,15H,2,6-7,10H2,1H3,(H,16,19). The third-order valence-electron chi connectivity index (χ3n) is 2.83. The fraction of sp³-hybridized carbons (Fsp3) is 0.357. The van der Waals surface area contributed by atoms with Crippen molar-refractivity contribution in [2.24, 2.45) is 0 Å². The van der Waals surface area contributed by atoms with Crippen molar-refractivity contribution in [2.75, 3.05) is 13.1 Å². The van der Waals surface area contributed by atoms with E-state index in [-0.39, 0.29) is 11.5 Å². The first kappa shape index (κ1) is 14.2. The van der Waals surface area contributed by atoms with E-state index in [1.807, 2.05) is 13.0 Å². The molecule has 2 heterocycles. The van der Waals surface area contributed by atoms with Crippen LogP contribution in [0.3, 0.4) is 0 Å². The molecular formula is C14H18N4O2. The van der Waals surface area contributed by atoms with Crippen LogP contribution in [0, 0.1) is 0 Å². The quantitative estimate of drug-likeness (QED) is 0.743. The summed E-state index contributed by atoms with van der Waals surface area (Å²) >= 11 is 0. The lowest BCUT2D eigenvalue weighted by molar-refractivity contribution is -0.120. The predicted molar refractivity (Wildman–Crippen MR) is 76.5 cm³/mol. The van der Waals surface area contributed by atoms with E-state index in [2.05, 4.69) is 15.6 Å². The second-order valence-corrected chi connectivity index (χ2v) is 4.39. The summed E-state index contributed by atoms with van der Waals surface area (Å²) in [6.07, 6.45) is 2.11. The van der Waals surface area contributed by atoms with E-state index < -0.39 is 0 Å². The number of amides is 1. The third-order valence-corrected chi connectivity index (χ3v) is 2.83. The molecule has 0 radical (unpaired) electrons. The van der Waals surface area contributed by atoms with Crippen molar-refractivity contribution in [1.29, 1.82) is 0 Å². The molecule has 0 atom stereocenters. The molecule has 2 N–H and O–H groups in total. The molecule has 0 spiro atoms. The lowest BCUT2D eigenvalue weighted by atomic mass is 10.3. The first-order valence-corrected chi connectivity index (χ1v) is 6.65. The Kier molecular flexibility index (Phi) is 4.84. The minimum Gasteiger partial charge on any atom is -0.356 e. The van der Waals surface area contributed by atoms with E-state index in [1.54, 1.807) is 18.3 Å². The monoisotopic (exact) mass is 274 g/mol. The minimum atomic E-state index is -0.101. The molecule has 0 saturated carbocycles. The Morgan fingerprint density at radius 1 is 1.40 bits per heavy atom. The smallest absolute Gasteiger partial charge is 0.258 e. The minimum absolute atomic E-state index is 0.0199. The molecule has 0 fully saturated rings. The maximum atomic E-state index is 11.9. The molecule has 2 aromatic heterocycles. The van der Waals surface area contributed by atoms with E-state index >= 15 is 0 Å². The van der Waals surface area contributed by atoms with Gasteiger partial charge in [-0.3, -0.25) is 14.0 Å². The van der Waals surface area contributed by atoms with Crippen molar-refractivity contribution in [3.05, 3.63) is 46.5 Å². The van der Waals surface area contributed by atoms with Gasteiger partial charge in [0.25, 0.3) is 5.56 Å². The number of carbonyl (C=O) groups is 1. The summed E-state index contributed by atoms with van der Waals surface area (Å²) in [5.41, 5.74) is 1.20. The molecule has 1 amide bonds. The van der Waals surface area contributed by atoms with Crippen LogP contribution in [0.25, 0.3) is 5.65 Å². The molecule has 0 bridgehead atoms. The Hall–Kier alpha value is -2.21. The Labute approximate surface area is 116 Å². The Morgan fingerprint density at radius 2 is 2.25 bits per heavy atom. The van der Waals surface area contributed by atoms with Gasteiger partial charge in [-0.1, -0.05) is 6.07 Å². The number of rotatable bonds is 6. The molecule has 106 valence electrons. The Balaban J connectivity index is 1.94. The SMILES string of the molecule is CCNC(=O)CCNCc1cc(=O)n2ccccc2n1. The van der Waals surface area contributed by atoms with Crippen molar-refractivity contribution in [3.8, 4) is 0 Å². The van der Waals surface area contributed by atoms with Crippen molar-refractivity contribution in [2.45, 2.75) is 19.9 Å². The van der Waals surface area contributed by atoms with Gasteiger partial charge in [0.2, 0.25) is 5.91 Å². The van der Waals surface area contributed by atoms with Crippen molar-refractivity contribution >= 4 is 11.6 Å². The average Bonchev–Trinajstić information content (AvgIpc) is 2.44. The van der Waals surface area contributed by atoms with Gasteiger partial charge >= 0.3 is 0 Å². The van der Waals surface area contributed by atoms with Crippen LogP contribution in [0.1, 0.15) is 19.0 Å².